The average molecular weight is 344 g/mol. The van der Waals surface area contributed by atoms with Crippen LogP contribution in [0.15, 0.2) is 33.6 Å². The van der Waals surface area contributed by atoms with Crippen molar-refractivity contribution in [1.82, 2.24) is 4.31 Å². The van der Waals surface area contributed by atoms with E-state index in [1.54, 1.807) is 6.07 Å². The van der Waals surface area contributed by atoms with Crippen molar-refractivity contribution in [3.05, 3.63) is 28.7 Å². The minimum absolute atomic E-state index is 0.0917. The second-order valence-electron chi connectivity index (χ2n) is 3.44. The van der Waals surface area contributed by atoms with E-state index in [4.69, 9.17) is 5.11 Å². The molecule has 0 unspecified atom stereocenters. The van der Waals surface area contributed by atoms with Gasteiger partial charge >= 0.3 is 0 Å². The molecule has 102 valence electrons. The lowest BCUT2D eigenvalue weighted by atomic mass is 10.4. The number of halogens is 3. The van der Waals surface area contributed by atoms with Crippen molar-refractivity contribution in [3.8, 4) is 0 Å². The molecule has 0 aliphatic rings. The van der Waals surface area contributed by atoms with Crippen molar-refractivity contribution >= 4 is 26.0 Å². The van der Waals surface area contributed by atoms with Crippen LogP contribution in [0.1, 0.15) is 0 Å². The highest BCUT2D eigenvalue weighted by atomic mass is 79.9. The minimum atomic E-state index is -4.02. The van der Waals surface area contributed by atoms with Gasteiger partial charge in [0.25, 0.3) is 6.43 Å². The maximum atomic E-state index is 12.3. The fourth-order valence-corrected chi connectivity index (χ4v) is 3.36. The topological polar surface area (TPSA) is 57.6 Å². The van der Waals surface area contributed by atoms with Crippen molar-refractivity contribution in [3.63, 3.8) is 0 Å². The van der Waals surface area contributed by atoms with Crippen molar-refractivity contribution in [1.29, 1.82) is 0 Å². The van der Waals surface area contributed by atoms with Gasteiger partial charge in [-0.05, 0) is 18.2 Å². The van der Waals surface area contributed by atoms with Gasteiger partial charge in [0.15, 0.2) is 0 Å². The van der Waals surface area contributed by atoms with Crippen LogP contribution in [0, 0.1) is 0 Å². The zero-order valence-corrected chi connectivity index (χ0v) is 11.7. The Balaban J connectivity index is 3.08. The van der Waals surface area contributed by atoms with Gasteiger partial charge in [-0.3, -0.25) is 0 Å². The molecular weight excluding hydrogens is 332 g/mol. The van der Waals surface area contributed by atoms with Gasteiger partial charge in [0.05, 0.1) is 18.0 Å². The number of benzene rings is 1. The van der Waals surface area contributed by atoms with Gasteiger partial charge in [0.2, 0.25) is 10.0 Å². The van der Waals surface area contributed by atoms with E-state index in [0.717, 1.165) is 0 Å². The van der Waals surface area contributed by atoms with Crippen LogP contribution in [0.3, 0.4) is 0 Å². The normalized spacial score (nSPS) is 12.3. The molecule has 0 saturated heterocycles. The Bertz CT molecular complexity index is 496. The van der Waals surface area contributed by atoms with Gasteiger partial charge in [-0.2, -0.15) is 4.31 Å². The molecule has 4 nitrogen and oxygen atoms in total. The zero-order chi connectivity index (χ0) is 13.8. The number of aliphatic hydroxyl groups is 1. The van der Waals surface area contributed by atoms with Crippen molar-refractivity contribution < 1.29 is 22.3 Å². The van der Waals surface area contributed by atoms with Crippen LogP contribution < -0.4 is 0 Å². The monoisotopic (exact) mass is 343 g/mol. The van der Waals surface area contributed by atoms with Crippen LogP contribution >= 0.6 is 15.9 Å². The lowest BCUT2D eigenvalue weighted by Gasteiger charge is -2.20. The molecule has 0 aliphatic heterocycles. The molecule has 0 atom stereocenters. The van der Waals surface area contributed by atoms with Crippen LogP contribution in [0.4, 0.5) is 8.78 Å². The molecule has 0 aromatic heterocycles. The SMILES string of the molecule is O=S(=O)(c1cccc(Br)c1)N(CCO)CC(F)F. The standard InChI is InChI=1S/C10H12BrF2NO3S/c11-8-2-1-3-9(6-8)18(16,17)14(4-5-15)7-10(12)13/h1-3,6,10,15H,4-5,7H2. The molecule has 1 aromatic carbocycles. The largest absolute Gasteiger partial charge is 0.395 e. The van der Waals surface area contributed by atoms with Crippen LogP contribution in [-0.4, -0.2) is 44.0 Å². The number of alkyl halides is 2. The second-order valence-corrected chi connectivity index (χ2v) is 6.29. The van der Waals surface area contributed by atoms with Crippen LogP contribution in [0.5, 0.6) is 0 Å². The van der Waals surface area contributed by atoms with Gasteiger partial charge in [-0.15, -0.1) is 0 Å². The summed E-state index contributed by atoms with van der Waals surface area (Å²) in [6.45, 7) is -1.81. The summed E-state index contributed by atoms with van der Waals surface area (Å²) in [5.74, 6) is 0. The molecule has 0 bridgehead atoms. The lowest BCUT2D eigenvalue weighted by molar-refractivity contribution is 0.113. The van der Waals surface area contributed by atoms with Gasteiger partial charge in [-0.1, -0.05) is 22.0 Å². The first-order chi connectivity index (χ1) is 8.37. The highest BCUT2D eigenvalue weighted by Gasteiger charge is 2.26. The van der Waals surface area contributed by atoms with Crippen LogP contribution in [0.25, 0.3) is 0 Å². The van der Waals surface area contributed by atoms with E-state index in [1.807, 2.05) is 0 Å². The first-order valence-corrected chi connectivity index (χ1v) is 7.26. The van der Waals surface area contributed by atoms with Gasteiger partial charge < -0.3 is 5.11 Å². The summed E-state index contributed by atoms with van der Waals surface area (Å²) in [5.41, 5.74) is 0. The number of rotatable bonds is 6. The Kier molecular flexibility index (Phi) is 5.64. The third-order valence-electron chi connectivity index (χ3n) is 2.12. The molecule has 0 amide bonds. The Labute approximate surface area is 112 Å². The molecule has 0 radical (unpaired) electrons. The first-order valence-electron chi connectivity index (χ1n) is 5.02. The summed E-state index contributed by atoms with van der Waals surface area (Å²) in [4.78, 5) is -0.0917. The van der Waals surface area contributed by atoms with Gasteiger partial charge in [0.1, 0.15) is 0 Å². The van der Waals surface area contributed by atoms with E-state index in [-0.39, 0.29) is 11.4 Å². The van der Waals surface area contributed by atoms with Crippen molar-refractivity contribution in [2.75, 3.05) is 19.7 Å². The summed E-state index contributed by atoms with van der Waals surface area (Å²) >= 11 is 3.11. The summed E-state index contributed by atoms with van der Waals surface area (Å²) in [6.07, 6.45) is -2.79. The highest BCUT2D eigenvalue weighted by molar-refractivity contribution is 9.10. The predicted octanol–water partition coefficient (Wildman–Crippen LogP) is 1.70. The van der Waals surface area contributed by atoms with E-state index >= 15 is 0 Å². The summed E-state index contributed by atoms with van der Waals surface area (Å²) in [5, 5.41) is 8.75. The number of nitrogens with zero attached hydrogens (tertiary/aromatic N) is 1. The molecule has 8 heteroatoms. The maximum Gasteiger partial charge on any atom is 0.252 e. The zero-order valence-electron chi connectivity index (χ0n) is 9.26. The average Bonchev–Trinajstić information content (AvgIpc) is 2.28. The maximum absolute atomic E-state index is 12.3. The molecule has 0 heterocycles. The summed E-state index contributed by atoms with van der Waals surface area (Å²) in [6, 6.07) is 5.76. The number of aliphatic hydroxyl groups excluding tert-OH is 1. The van der Waals surface area contributed by atoms with E-state index in [2.05, 4.69) is 15.9 Å². The molecule has 1 N–H and O–H groups in total. The fourth-order valence-electron chi connectivity index (χ4n) is 1.35. The molecule has 1 rings (SSSR count). The quantitative estimate of drug-likeness (QED) is 0.855. The first kappa shape index (κ1) is 15.5. The van der Waals surface area contributed by atoms with Gasteiger partial charge in [-0.25, -0.2) is 17.2 Å². The number of hydrogen-bond acceptors (Lipinski definition) is 3. The Morgan fingerprint density at radius 3 is 2.56 bits per heavy atom. The minimum Gasteiger partial charge on any atom is -0.395 e. The Morgan fingerprint density at radius 1 is 1.39 bits per heavy atom. The number of hydrogen-bond donors (Lipinski definition) is 1. The van der Waals surface area contributed by atoms with Crippen LogP contribution in [-0.2, 0) is 10.0 Å². The van der Waals surface area contributed by atoms with E-state index in [0.29, 0.717) is 8.78 Å². The van der Waals surface area contributed by atoms with Gasteiger partial charge in [0, 0.05) is 11.0 Å². The Morgan fingerprint density at radius 2 is 2.06 bits per heavy atom. The summed E-state index contributed by atoms with van der Waals surface area (Å²) in [7, 11) is -4.02. The molecule has 0 aliphatic carbocycles. The second kappa shape index (κ2) is 6.55. The van der Waals surface area contributed by atoms with Crippen molar-refractivity contribution in [2.24, 2.45) is 0 Å². The predicted molar refractivity (Wildman–Crippen MR) is 66.0 cm³/mol. The third-order valence-corrected chi connectivity index (χ3v) is 4.48. The third kappa shape index (κ3) is 3.98. The Hall–Kier alpha value is -0.570. The molecule has 0 saturated carbocycles. The van der Waals surface area contributed by atoms with Crippen LogP contribution in [0.2, 0.25) is 0 Å². The molecule has 0 spiro atoms. The van der Waals surface area contributed by atoms with Crippen molar-refractivity contribution in [2.45, 2.75) is 11.3 Å². The summed E-state index contributed by atoms with van der Waals surface area (Å²) < 4.78 is 49.9. The molecule has 18 heavy (non-hydrogen) atoms. The smallest absolute Gasteiger partial charge is 0.252 e. The number of sulfonamides is 1. The fraction of sp³-hybridized carbons (Fsp3) is 0.400. The molecule has 1 aromatic rings. The van der Waals surface area contributed by atoms with E-state index in [9.17, 15) is 17.2 Å². The lowest BCUT2D eigenvalue weighted by Crippen LogP contribution is -2.37. The van der Waals surface area contributed by atoms with E-state index in [1.165, 1.54) is 18.2 Å². The molecule has 0 fully saturated rings. The highest BCUT2D eigenvalue weighted by Crippen LogP contribution is 2.20. The molecular formula is C10H12BrF2NO3S. The van der Waals surface area contributed by atoms with E-state index < -0.39 is 29.6 Å².